The van der Waals surface area contributed by atoms with Crippen LogP contribution in [0.1, 0.15) is 72.0 Å². The summed E-state index contributed by atoms with van der Waals surface area (Å²) in [5.41, 5.74) is 1.17. The molecule has 0 unspecified atom stereocenters. The maximum Gasteiger partial charge on any atom is 0.416 e. The molecule has 3 fully saturated rings. The zero-order valence-corrected chi connectivity index (χ0v) is 28.4. The fourth-order valence-corrected chi connectivity index (χ4v) is 8.25. The minimum atomic E-state index is -4.58. The van der Waals surface area contributed by atoms with Crippen molar-refractivity contribution in [1.82, 2.24) is 20.1 Å². The molecule has 0 radical (unpaired) electrons. The highest BCUT2D eigenvalue weighted by Gasteiger charge is 2.46. The van der Waals surface area contributed by atoms with Gasteiger partial charge in [0, 0.05) is 35.4 Å². The van der Waals surface area contributed by atoms with Crippen LogP contribution >= 0.6 is 0 Å². The van der Waals surface area contributed by atoms with Gasteiger partial charge in [-0.05, 0) is 94.5 Å². The van der Waals surface area contributed by atoms with Crippen LogP contribution in [0.2, 0.25) is 0 Å². The summed E-state index contributed by atoms with van der Waals surface area (Å²) in [6.07, 6.45) is 3.65. The normalized spacial score (nSPS) is 19.2. The molecular weight excluding hydrogens is 650 g/mol. The van der Waals surface area contributed by atoms with E-state index in [4.69, 9.17) is 4.98 Å². The van der Waals surface area contributed by atoms with E-state index in [-0.39, 0.29) is 27.6 Å². The molecule has 3 aromatic carbocycles. The number of fused-ring (bicyclic) bond motifs is 1. The van der Waals surface area contributed by atoms with Crippen LogP contribution in [0.15, 0.2) is 77.7 Å². The quantitative estimate of drug-likeness (QED) is 0.211. The molecule has 2 aliphatic heterocycles. The smallest absolute Gasteiger partial charge is 0.342 e. The van der Waals surface area contributed by atoms with Crippen molar-refractivity contribution in [3.63, 3.8) is 0 Å². The molecule has 1 N–H and O–H groups in total. The maximum absolute atomic E-state index is 14.6. The number of hydrogen-bond donors (Lipinski definition) is 1. The molecule has 7 nitrogen and oxygen atoms in total. The predicted molar refractivity (Wildman–Crippen MR) is 184 cm³/mol. The van der Waals surface area contributed by atoms with Crippen LogP contribution in [-0.2, 0) is 28.1 Å². The highest BCUT2D eigenvalue weighted by molar-refractivity contribution is 7.90. The summed E-state index contributed by atoms with van der Waals surface area (Å²) >= 11 is 0. The van der Waals surface area contributed by atoms with Crippen LogP contribution in [0.25, 0.3) is 22.2 Å². The number of benzene rings is 3. The Morgan fingerprint density at radius 2 is 1.63 bits per heavy atom. The number of rotatable bonds is 8. The van der Waals surface area contributed by atoms with E-state index in [0.29, 0.717) is 29.1 Å². The Labute approximate surface area is 285 Å². The molecule has 7 rings (SSSR count). The largest absolute Gasteiger partial charge is 0.416 e. The SMILES string of the molecule is CS(=O)(=O)c1ccc2c(C(=O)NC3(c4ccccc4)CC3)c(CN3CCC(N4CCCCC4)CC3)c(-c3cccc(C(F)(F)F)c3)nc2c1. The molecule has 0 atom stereocenters. The Kier molecular flexibility index (Phi) is 9.04. The van der Waals surface area contributed by atoms with Crippen LogP contribution in [-0.4, -0.2) is 67.6 Å². The first kappa shape index (κ1) is 33.7. The average Bonchev–Trinajstić information content (AvgIpc) is 3.88. The first-order chi connectivity index (χ1) is 23.4. The van der Waals surface area contributed by atoms with Crippen molar-refractivity contribution in [2.24, 2.45) is 0 Å². The number of carbonyl (C=O) groups is 1. The van der Waals surface area contributed by atoms with Gasteiger partial charge in [0.1, 0.15) is 0 Å². The third kappa shape index (κ3) is 7.11. The molecule has 258 valence electrons. The van der Waals surface area contributed by atoms with Gasteiger partial charge in [0.25, 0.3) is 5.91 Å². The lowest BCUT2D eigenvalue weighted by molar-refractivity contribution is -0.137. The zero-order chi connectivity index (χ0) is 34.4. The highest BCUT2D eigenvalue weighted by atomic mass is 32.2. The van der Waals surface area contributed by atoms with Gasteiger partial charge in [-0.2, -0.15) is 13.2 Å². The molecular formula is C38H41F3N4O3S. The van der Waals surface area contributed by atoms with Gasteiger partial charge < -0.3 is 10.2 Å². The van der Waals surface area contributed by atoms with Crippen molar-refractivity contribution in [3.8, 4) is 11.3 Å². The first-order valence-electron chi connectivity index (χ1n) is 17.1. The van der Waals surface area contributed by atoms with E-state index in [1.165, 1.54) is 37.5 Å². The van der Waals surface area contributed by atoms with Crippen molar-refractivity contribution in [3.05, 3.63) is 95.1 Å². The summed E-state index contributed by atoms with van der Waals surface area (Å²) < 4.78 is 67.1. The fraction of sp³-hybridized carbons (Fsp3) is 0.421. The lowest BCUT2D eigenvalue weighted by atomic mass is 9.93. The number of amides is 1. The van der Waals surface area contributed by atoms with Crippen LogP contribution in [0.5, 0.6) is 0 Å². The number of sulfone groups is 1. The van der Waals surface area contributed by atoms with Crippen LogP contribution in [0.3, 0.4) is 0 Å². The molecule has 4 aromatic rings. The number of alkyl halides is 3. The Balaban J connectivity index is 1.36. The highest BCUT2D eigenvalue weighted by Crippen LogP contribution is 2.46. The lowest BCUT2D eigenvalue weighted by Crippen LogP contribution is -2.46. The number of hydrogen-bond acceptors (Lipinski definition) is 6. The molecule has 1 aromatic heterocycles. The van der Waals surface area contributed by atoms with Crippen LogP contribution < -0.4 is 5.32 Å². The van der Waals surface area contributed by atoms with E-state index >= 15 is 0 Å². The van der Waals surface area contributed by atoms with Crippen LogP contribution in [0.4, 0.5) is 13.2 Å². The molecule has 0 spiro atoms. The molecule has 1 aliphatic carbocycles. The third-order valence-corrected chi connectivity index (χ3v) is 11.6. The monoisotopic (exact) mass is 690 g/mol. The topological polar surface area (TPSA) is 82.6 Å². The van der Waals surface area contributed by atoms with Crippen molar-refractivity contribution in [1.29, 1.82) is 0 Å². The second kappa shape index (κ2) is 13.2. The molecule has 0 bridgehead atoms. The van der Waals surface area contributed by atoms with Gasteiger partial charge in [0.15, 0.2) is 9.84 Å². The Hall–Kier alpha value is -3.80. The summed E-state index contributed by atoms with van der Waals surface area (Å²) in [7, 11) is -3.63. The minimum Gasteiger partial charge on any atom is -0.342 e. The van der Waals surface area contributed by atoms with Crippen molar-refractivity contribution in [2.45, 2.75) is 74.1 Å². The number of carbonyl (C=O) groups excluding carboxylic acids is 1. The van der Waals surface area contributed by atoms with Gasteiger partial charge in [0.2, 0.25) is 0 Å². The number of aromatic nitrogens is 1. The van der Waals surface area contributed by atoms with Gasteiger partial charge in [-0.25, -0.2) is 13.4 Å². The molecule has 3 aliphatic rings. The second-order valence-corrected chi connectivity index (χ2v) is 15.9. The molecule has 49 heavy (non-hydrogen) atoms. The van der Waals surface area contributed by atoms with Gasteiger partial charge >= 0.3 is 6.18 Å². The summed E-state index contributed by atoms with van der Waals surface area (Å²) in [6, 6.07) is 19.7. The molecule has 1 saturated carbocycles. The van der Waals surface area contributed by atoms with Gasteiger partial charge in [-0.1, -0.05) is 55.0 Å². The maximum atomic E-state index is 14.6. The summed E-state index contributed by atoms with van der Waals surface area (Å²) in [4.78, 5) is 24.4. The van der Waals surface area contributed by atoms with Crippen LogP contribution in [0, 0.1) is 0 Å². The number of piperidine rings is 2. The van der Waals surface area contributed by atoms with E-state index in [2.05, 4.69) is 15.1 Å². The van der Waals surface area contributed by atoms with Gasteiger partial charge in [0.05, 0.1) is 32.8 Å². The first-order valence-corrected chi connectivity index (χ1v) is 19.0. The average molecular weight is 691 g/mol. The fourth-order valence-electron chi connectivity index (χ4n) is 7.61. The second-order valence-electron chi connectivity index (χ2n) is 13.8. The van der Waals surface area contributed by atoms with Gasteiger partial charge in [-0.15, -0.1) is 0 Å². The Morgan fingerprint density at radius 3 is 2.29 bits per heavy atom. The Morgan fingerprint density at radius 1 is 0.918 bits per heavy atom. The van der Waals surface area contributed by atoms with E-state index in [0.717, 1.165) is 75.8 Å². The number of nitrogens with one attached hydrogen (secondary N) is 1. The van der Waals surface area contributed by atoms with Crippen molar-refractivity contribution >= 4 is 26.6 Å². The van der Waals surface area contributed by atoms with E-state index in [1.807, 2.05) is 30.3 Å². The summed E-state index contributed by atoms with van der Waals surface area (Å²) in [5, 5.41) is 3.75. The molecule has 11 heteroatoms. The minimum absolute atomic E-state index is 0.0179. The number of halogens is 3. The molecule has 1 amide bonds. The molecule has 2 saturated heterocycles. The van der Waals surface area contributed by atoms with Crippen molar-refractivity contribution in [2.75, 3.05) is 32.4 Å². The lowest BCUT2D eigenvalue weighted by Gasteiger charge is -2.40. The van der Waals surface area contributed by atoms with Gasteiger partial charge in [-0.3, -0.25) is 9.69 Å². The van der Waals surface area contributed by atoms with E-state index in [1.54, 1.807) is 12.1 Å². The molecule has 3 heterocycles. The number of likely N-dealkylation sites (tertiary alicyclic amines) is 2. The Bertz CT molecular complexity index is 1970. The number of pyridine rings is 1. The standard InChI is InChI=1S/C38H41F3N4O3S/c1-49(47,48)30-13-14-31-33(24-30)42-35(26-9-8-12-28(23-26)38(39,40)41)32(25-44-21-15-29(16-22-44)45-19-6-3-7-20-45)34(31)36(46)43-37(17-18-37)27-10-4-2-5-11-27/h2,4-5,8-14,23-24,29H,3,6-7,15-22,25H2,1H3,(H,43,46). The van der Waals surface area contributed by atoms with E-state index < -0.39 is 27.1 Å². The predicted octanol–water partition coefficient (Wildman–Crippen LogP) is 7.19. The number of nitrogens with zero attached hydrogens (tertiary/aromatic N) is 3. The van der Waals surface area contributed by atoms with Crippen molar-refractivity contribution < 1.29 is 26.4 Å². The third-order valence-electron chi connectivity index (χ3n) is 10.5. The van der Waals surface area contributed by atoms with E-state index in [9.17, 15) is 26.4 Å². The summed E-state index contributed by atoms with van der Waals surface area (Å²) in [6.45, 7) is 4.10. The zero-order valence-electron chi connectivity index (χ0n) is 27.6. The summed E-state index contributed by atoms with van der Waals surface area (Å²) in [5.74, 6) is -0.354.